The van der Waals surface area contributed by atoms with Gasteiger partial charge < -0.3 is 14.5 Å². The van der Waals surface area contributed by atoms with Crippen molar-refractivity contribution in [2.24, 2.45) is 0 Å². The molecule has 6 nitrogen and oxygen atoms in total. The average Bonchev–Trinajstić information content (AvgIpc) is 3.04. The van der Waals surface area contributed by atoms with Crippen molar-refractivity contribution < 1.29 is 18.7 Å². The summed E-state index contributed by atoms with van der Waals surface area (Å²) in [4.78, 5) is 32.1. The number of carbonyl (C=O) groups excluding carboxylic acids is 2. The Morgan fingerprint density at radius 1 is 1.40 bits per heavy atom. The highest BCUT2D eigenvalue weighted by Gasteiger charge is 2.29. The van der Waals surface area contributed by atoms with Crippen LogP contribution < -0.4 is 0 Å². The lowest BCUT2D eigenvalue weighted by Gasteiger charge is -2.34. The van der Waals surface area contributed by atoms with E-state index in [1.807, 2.05) is 4.90 Å². The lowest BCUT2D eigenvalue weighted by atomic mass is 10.1. The molecule has 2 fully saturated rings. The summed E-state index contributed by atoms with van der Waals surface area (Å²) < 4.78 is 19.4. The molecule has 0 radical (unpaired) electrons. The average molecular weight is 349 g/mol. The molecule has 0 bridgehead atoms. The lowest BCUT2D eigenvalue weighted by Crippen LogP contribution is -2.45. The molecule has 0 saturated carbocycles. The van der Waals surface area contributed by atoms with Crippen molar-refractivity contribution in [2.45, 2.75) is 38.1 Å². The zero-order valence-corrected chi connectivity index (χ0v) is 14.3. The van der Waals surface area contributed by atoms with E-state index in [9.17, 15) is 14.0 Å². The predicted molar refractivity (Wildman–Crippen MR) is 89.5 cm³/mol. The quantitative estimate of drug-likeness (QED) is 0.786. The van der Waals surface area contributed by atoms with Gasteiger partial charge in [-0.2, -0.15) is 0 Å². The first kappa shape index (κ1) is 17.8. The number of nitrogens with zero attached hydrogens (tertiary/aromatic N) is 3. The fourth-order valence-corrected chi connectivity index (χ4v) is 3.50. The summed E-state index contributed by atoms with van der Waals surface area (Å²) in [7, 11) is 0. The van der Waals surface area contributed by atoms with Gasteiger partial charge in [0, 0.05) is 51.5 Å². The van der Waals surface area contributed by atoms with Crippen molar-refractivity contribution in [3.8, 4) is 0 Å². The molecule has 0 N–H and O–H groups in total. The maximum atomic E-state index is 14.0. The highest BCUT2D eigenvalue weighted by molar-refractivity contribution is 5.92. The number of carbonyl (C=O) groups is 2. The van der Waals surface area contributed by atoms with E-state index in [0.29, 0.717) is 39.1 Å². The second-order valence-corrected chi connectivity index (χ2v) is 6.51. The molecule has 0 aromatic carbocycles. The van der Waals surface area contributed by atoms with E-state index in [1.165, 1.54) is 18.3 Å². The van der Waals surface area contributed by atoms with E-state index in [0.717, 1.165) is 25.8 Å². The molecule has 0 atom stereocenters. The Labute approximate surface area is 147 Å². The van der Waals surface area contributed by atoms with Crippen LogP contribution in [0.15, 0.2) is 18.3 Å². The summed E-state index contributed by atoms with van der Waals surface area (Å²) in [6.45, 7) is 3.12. The zero-order chi connectivity index (χ0) is 17.6. The largest absolute Gasteiger partial charge is 0.381 e. The number of pyridine rings is 1. The number of hydrogen-bond donors (Lipinski definition) is 0. The van der Waals surface area contributed by atoms with Gasteiger partial charge in [-0.3, -0.25) is 9.59 Å². The molecule has 2 aliphatic heterocycles. The van der Waals surface area contributed by atoms with Crippen LogP contribution in [0.3, 0.4) is 0 Å². The van der Waals surface area contributed by atoms with Crippen molar-refractivity contribution in [3.05, 3.63) is 29.8 Å². The Morgan fingerprint density at radius 3 is 2.88 bits per heavy atom. The number of halogens is 1. The molecule has 1 aromatic heterocycles. The predicted octanol–water partition coefficient (Wildman–Crippen LogP) is 1.85. The Hall–Kier alpha value is -2.02. The van der Waals surface area contributed by atoms with Gasteiger partial charge >= 0.3 is 0 Å². The van der Waals surface area contributed by atoms with Gasteiger partial charge in [0.25, 0.3) is 5.91 Å². The smallest absolute Gasteiger partial charge is 0.275 e. The topological polar surface area (TPSA) is 62.7 Å². The minimum atomic E-state index is -0.598. The summed E-state index contributed by atoms with van der Waals surface area (Å²) in [5, 5.41) is 0. The first-order chi connectivity index (χ1) is 12.2. The minimum absolute atomic E-state index is 0.0249. The number of hydrogen-bond acceptors (Lipinski definition) is 4. The SMILES string of the molecule is O=C1CCCN1CCCN(C(=O)c1ncccc1F)C1CCOCC1. The monoisotopic (exact) mass is 349 g/mol. The molecule has 136 valence electrons. The van der Waals surface area contributed by atoms with Gasteiger partial charge in [0.1, 0.15) is 0 Å². The molecule has 3 heterocycles. The van der Waals surface area contributed by atoms with Crippen LogP contribution in [0, 0.1) is 5.82 Å². The van der Waals surface area contributed by atoms with Crippen LogP contribution in [0.5, 0.6) is 0 Å². The van der Waals surface area contributed by atoms with Gasteiger partial charge in [-0.25, -0.2) is 9.37 Å². The molecule has 2 saturated heterocycles. The molecular weight excluding hydrogens is 325 g/mol. The standard InChI is InChI=1S/C18H24FN3O3/c19-15-4-1-8-20-17(15)18(24)22(14-6-12-25-13-7-14)11-3-10-21-9-2-5-16(21)23/h1,4,8,14H,2-3,5-7,9-13H2. The molecule has 1 aromatic rings. The third kappa shape index (κ3) is 4.34. The van der Waals surface area contributed by atoms with Crippen molar-refractivity contribution in [1.29, 1.82) is 0 Å². The Balaban J connectivity index is 1.67. The van der Waals surface area contributed by atoms with E-state index in [1.54, 1.807) is 4.90 Å². The van der Waals surface area contributed by atoms with Crippen molar-refractivity contribution in [2.75, 3.05) is 32.8 Å². The molecule has 2 amide bonds. The minimum Gasteiger partial charge on any atom is -0.381 e. The van der Waals surface area contributed by atoms with Gasteiger partial charge in [0.05, 0.1) is 0 Å². The Bertz CT molecular complexity index is 619. The van der Waals surface area contributed by atoms with Crippen molar-refractivity contribution in [3.63, 3.8) is 0 Å². The van der Waals surface area contributed by atoms with Crippen LogP contribution in [0.25, 0.3) is 0 Å². The number of amides is 2. The second kappa shape index (κ2) is 8.38. The highest BCUT2D eigenvalue weighted by Crippen LogP contribution is 2.19. The van der Waals surface area contributed by atoms with Crippen LogP contribution in [0.4, 0.5) is 4.39 Å². The van der Waals surface area contributed by atoms with Gasteiger partial charge in [-0.05, 0) is 37.8 Å². The van der Waals surface area contributed by atoms with Crippen molar-refractivity contribution >= 4 is 11.8 Å². The van der Waals surface area contributed by atoms with Crippen LogP contribution in [-0.4, -0.2) is 65.5 Å². The third-order valence-electron chi connectivity index (χ3n) is 4.85. The van der Waals surface area contributed by atoms with Gasteiger partial charge in [0.15, 0.2) is 11.5 Å². The lowest BCUT2D eigenvalue weighted by molar-refractivity contribution is -0.127. The number of aromatic nitrogens is 1. The maximum absolute atomic E-state index is 14.0. The van der Waals surface area contributed by atoms with E-state index >= 15 is 0 Å². The summed E-state index contributed by atoms with van der Waals surface area (Å²) in [6, 6.07) is 2.76. The summed E-state index contributed by atoms with van der Waals surface area (Å²) >= 11 is 0. The molecule has 25 heavy (non-hydrogen) atoms. The number of likely N-dealkylation sites (tertiary alicyclic amines) is 1. The van der Waals surface area contributed by atoms with E-state index in [-0.39, 0.29) is 23.6 Å². The van der Waals surface area contributed by atoms with Gasteiger partial charge in [-0.1, -0.05) is 0 Å². The first-order valence-corrected chi connectivity index (χ1v) is 8.94. The van der Waals surface area contributed by atoms with Gasteiger partial charge in [0.2, 0.25) is 5.91 Å². The van der Waals surface area contributed by atoms with Crippen LogP contribution in [-0.2, 0) is 9.53 Å². The first-order valence-electron chi connectivity index (χ1n) is 8.94. The summed E-state index contributed by atoms with van der Waals surface area (Å²) in [6.07, 6.45) is 5.11. The van der Waals surface area contributed by atoms with E-state index < -0.39 is 5.82 Å². The van der Waals surface area contributed by atoms with Crippen LogP contribution in [0.2, 0.25) is 0 Å². The molecule has 0 spiro atoms. The fourth-order valence-electron chi connectivity index (χ4n) is 3.50. The molecule has 2 aliphatic rings. The molecule has 3 rings (SSSR count). The number of rotatable bonds is 6. The zero-order valence-electron chi connectivity index (χ0n) is 14.3. The fraction of sp³-hybridized carbons (Fsp3) is 0.611. The Kier molecular flexibility index (Phi) is 5.96. The molecule has 0 aliphatic carbocycles. The normalized spacial score (nSPS) is 18.6. The summed E-state index contributed by atoms with van der Waals surface area (Å²) in [5.74, 6) is -0.795. The van der Waals surface area contributed by atoms with Crippen LogP contribution >= 0.6 is 0 Å². The van der Waals surface area contributed by atoms with E-state index in [4.69, 9.17) is 4.74 Å². The molecular formula is C18H24FN3O3. The van der Waals surface area contributed by atoms with Crippen molar-refractivity contribution in [1.82, 2.24) is 14.8 Å². The summed E-state index contributed by atoms with van der Waals surface area (Å²) in [5.41, 5.74) is -0.133. The van der Waals surface area contributed by atoms with Crippen LogP contribution in [0.1, 0.15) is 42.6 Å². The number of ether oxygens (including phenoxy) is 1. The Morgan fingerprint density at radius 2 is 2.20 bits per heavy atom. The molecule has 0 unspecified atom stereocenters. The second-order valence-electron chi connectivity index (χ2n) is 6.51. The molecule has 7 heteroatoms. The van der Waals surface area contributed by atoms with E-state index in [2.05, 4.69) is 4.98 Å². The third-order valence-corrected chi connectivity index (χ3v) is 4.85. The maximum Gasteiger partial charge on any atom is 0.275 e. The highest BCUT2D eigenvalue weighted by atomic mass is 19.1. The van der Waals surface area contributed by atoms with Gasteiger partial charge in [-0.15, -0.1) is 0 Å².